The van der Waals surface area contributed by atoms with Crippen LogP contribution < -0.4 is 0 Å². The molecule has 2 rings (SSSR count). The lowest BCUT2D eigenvalue weighted by Crippen LogP contribution is -2.09. The normalized spacial score (nSPS) is 12.9. The fraction of sp³-hybridized carbons (Fsp3) is 0.176. The largest absolute Gasteiger partial charge is 0.198 e. The number of hydrogen-bond acceptors (Lipinski definition) is 2. The van der Waals surface area contributed by atoms with Gasteiger partial charge in [-0.25, -0.2) is 0 Å². The zero-order chi connectivity index (χ0) is 13.5. The summed E-state index contributed by atoms with van der Waals surface area (Å²) in [5, 5.41) is 18.5. The lowest BCUT2D eigenvalue weighted by molar-refractivity contribution is 0.641. The lowest BCUT2D eigenvalue weighted by atomic mass is 9.80. The Morgan fingerprint density at radius 3 is 1.79 bits per heavy atom. The molecule has 0 saturated carbocycles. The van der Waals surface area contributed by atoms with E-state index >= 15 is 0 Å². The first-order valence-electron chi connectivity index (χ1n) is 6.23. The minimum absolute atomic E-state index is 0.0846. The molecule has 2 atom stereocenters. The molecule has 0 unspecified atom stereocenters. The third-order valence-electron chi connectivity index (χ3n) is 3.24. The van der Waals surface area contributed by atoms with Gasteiger partial charge in [0.2, 0.25) is 0 Å². The van der Waals surface area contributed by atoms with Gasteiger partial charge in [-0.3, -0.25) is 0 Å². The van der Waals surface area contributed by atoms with E-state index in [2.05, 4.69) is 12.1 Å². The first-order valence-corrected chi connectivity index (χ1v) is 6.23. The van der Waals surface area contributed by atoms with E-state index in [0.29, 0.717) is 6.42 Å². The van der Waals surface area contributed by atoms with Crippen LogP contribution in [-0.4, -0.2) is 0 Å². The summed E-state index contributed by atoms with van der Waals surface area (Å²) in [6, 6.07) is 24.0. The van der Waals surface area contributed by atoms with Crippen molar-refractivity contribution >= 4 is 0 Å². The van der Waals surface area contributed by atoms with Gasteiger partial charge in [0.05, 0.1) is 18.1 Å². The van der Waals surface area contributed by atoms with Crippen molar-refractivity contribution in [3.8, 4) is 12.1 Å². The van der Waals surface area contributed by atoms with E-state index in [9.17, 15) is 5.26 Å². The Kier molecular flexibility index (Phi) is 4.32. The zero-order valence-corrected chi connectivity index (χ0v) is 10.5. The van der Waals surface area contributed by atoms with Crippen molar-refractivity contribution in [2.24, 2.45) is 0 Å². The van der Waals surface area contributed by atoms with Crippen molar-refractivity contribution in [2.45, 2.75) is 18.3 Å². The van der Waals surface area contributed by atoms with Crippen LogP contribution in [0.1, 0.15) is 29.4 Å². The van der Waals surface area contributed by atoms with Gasteiger partial charge >= 0.3 is 0 Å². The van der Waals surface area contributed by atoms with Crippen molar-refractivity contribution in [3.05, 3.63) is 71.8 Å². The van der Waals surface area contributed by atoms with E-state index in [1.807, 2.05) is 60.7 Å². The summed E-state index contributed by atoms with van der Waals surface area (Å²) in [4.78, 5) is 0. The Balaban J connectivity index is 2.39. The highest BCUT2D eigenvalue weighted by Gasteiger charge is 2.24. The van der Waals surface area contributed by atoms with Crippen molar-refractivity contribution in [1.29, 1.82) is 10.5 Å². The highest BCUT2D eigenvalue weighted by Crippen LogP contribution is 2.34. The quantitative estimate of drug-likeness (QED) is 0.818. The van der Waals surface area contributed by atoms with E-state index in [1.165, 1.54) is 0 Å². The molecule has 0 radical (unpaired) electrons. The van der Waals surface area contributed by atoms with E-state index in [4.69, 9.17) is 5.26 Å². The molecule has 19 heavy (non-hydrogen) atoms. The lowest BCUT2D eigenvalue weighted by Gasteiger charge is -2.20. The molecule has 92 valence electrons. The summed E-state index contributed by atoms with van der Waals surface area (Å²) >= 11 is 0. The molecule has 0 N–H and O–H groups in total. The van der Waals surface area contributed by atoms with E-state index < -0.39 is 0 Å². The predicted molar refractivity (Wildman–Crippen MR) is 74.2 cm³/mol. The van der Waals surface area contributed by atoms with Crippen LogP contribution in [0.3, 0.4) is 0 Å². The Bertz CT molecular complexity index is 591. The maximum atomic E-state index is 9.48. The number of rotatable bonds is 4. The Labute approximate surface area is 113 Å². The maximum Gasteiger partial charge on any atom is 0.0791 e. The Morgan fingerprint density at radius 2 is 1.32 bits per heavy atom. The van der Waals surface area contributed by atoms with Gasteiger partial charge in [0, 0.05) is 12.3 Å². The second-order valence-corrected chi connectivity index (χ2v) is 4.40. The molecule has 0 amide bonds. The van der Waals surface area contributed by atoms with Crippen LogP contribution in [0.5, 0.6) is 0 Å². The van der Waals surface area contributed by atoms with Gasteiger partial charge in [-0.05, 0) is 11.1 Å². The number of hydrogen-bond donors (Lipinski definition) is 0. The summed E-state index contributed by atoms with van der Waals surface area (Å²) in [5.41, 5.74) is 2.01. The number of nitrogens with zero attached hydrogens (tertiary/aromatic N) is 2. The predicted octanol–water partition coefficient (Wildman–Crippen LogP) is 3.99. The highest BCUT2D eigenvalue weighted by atomic mass is 14.3. The summed E-state index contributed by atoms with van der Waals surface area (Å²) < 4.78 is 0. The van der Waals surface area contributed by atoms with Gasteiger partial charge in [0.15, 0.2) is 0 Å². The fourth-order valence-electron chi connectivity index (χ4n) is 2.28. The van der Waals surface area contributed by atoms with Gasteiger partial charge in [-0.15, -0.1) is 0 Å². The minimum atomic E-state index is -0.289. The summed E-state index contributed by atoms with van der Waals surface area (Å²) in [6.07, 6.45) is 0.344. The van der Waals surface area contributed by atoms with Crippen molar-refractivity contribution in [2.75, 3.05) is 0 Å². The number of benzene rings is 2. The van der Waals surface area contributed by atoms with Crippen LogP contribution in [-0.2, 0) is 0 Å². The number of nitriles is 2. The molecule has 0 aliphatic rings. The SMILES string of the molecule is N#CC[C@H](c1ccccc1)[C@H](C#N)c1ccccc1. The van der Waals surface area contributed by atoms with Gasteiger partial charge in [-0.2, -0.15) is 10.5 Å². The second-order valence-electron chi connectivity index (χ2n) is 4.40. The first kappa shape index (κ1) is 12.9. The van der Waals surface area contributed by atoms with E-state index in [0.717, 1.165) is 11.1 Å². The van der Waals surface area contributed by atoms with Crippen LogP contribution in [0.2, 0.25) is 0 Å². The fourth-order valence-corrected chi connectivity index (χ4v) is 2.28. The molecule has 0 spiro atoms. The van der Waals surface area contributed by atoms with Crippen LogP contribution in [0.15, 0.2) is 60.7 Å². The summed E-state index contributed by atoms with van der Waals surface area (Å²) in [5.74, 6) is -0.373. The second kappa shape index (κ2) is 6.38. The summed E-state index contributed by atoms with van der Waals surface area (Å²) in [7, 11) is 0. The zero-order valence-electron chi connectivity index (χ0n) is 10.5. The average Bonchev–Trinajstić information content (AvgIpc) is 2.49. The standard InChI is InChI=1S/C17H14N2/c18-12-11-16(14-7-3-1-4-8-14)17(13-19)15-9-5-2-6-10-15/h1-10,16-17H,11H2/t16-,17-/m1/s1. The minimum Gasteiger partial charge on any atom is -0.198 e. The molecule has 0 aliphatic carbocycles. The molecule has 0 aromatic heterocycles. The Morgan fingerprint density at radius 1 is 0.789 bits per heavy atom. The van der Waals surface area contributed by atoms with Crippen LogP contribution >= 0.6 is 0 Å². The topological polar surface area (TPSA) is 47.6 Å². The van der Waals surface area contributed by atoms with E-state index in [1.54, 1.807) is 0 Å². The molecule has 0 heterocycles. The molecule has 0 fully saturated rings. The molecule has 0 bridgehead atoms. The molecule has 0 saturated heterocycles. The van der Waals surface area contributed by atoms with Gasteiger partial charge < -0.3 is 0 Å². The monoisotopic (exact) mass is 246 g/mol. The van der Waals surface area contributed by atoms with Gasteiger partial charge in [0.1, 0.15) is 0 Å². The molecule has 2 heteroatoms. The molecule has 2 nitrogen and oxygen atoms in total. The van der Waals surface area contributed by atoms with Crippen LogP contribution in [0.25, 0.3) is 0 Å². The average molecular weight is 246 g/mol. The van der Waals surface area contributed by atoms with Gasteiger partial charge in [-0.1, -0.05) is 60.7 Å². The first-order chi connectivity index (χ1) is 9.36. The van der Waals surface area contributed by atoms with Gasteiger partial charge in [0.25, 0.3) is 0 Å². The molecule has 2 aromatic carbocycles. The summed E-state index contributed by atoms with van der Waals surface area (Å²) in [6.45, 7) is 0. The van der Waals surface area contributed by atoms with Crippen LogP contribution in [0.4, 0.5) is 0 Å². The van der Waals surface area contributed by atoms with Crippen molar-refractivity contribution in [3.63, 3.8) is 0 Å². The smallest absolute Gasteiger partial charge is 0.0791 e. The molecule has 0 aliphatic heterocycles. The molecule has 2 aromatic rings. The highest BCUT2D eigenvalue weighted by molar-refractivity contribution is 5.33. The molecular formula is C17H14N2. The van der Waals surface area contributed by atoms with E-state index in [-0.39, 0.29) is 11.8 Å². The Hall–Kier alpha value is -2.58. The van der Waals surface area contributed by atoms with Crippen molar-refractivity contribution in [1.82, 2.24) is 0 Å². The van der Waals surface area contributed by atoms with Crippen LogP contribution in [0, 0.1) is 22.7 Å². The molecular weight excluding hydrogens is 232 g/mol. The third kappa shape index (κ3) is 3.00. The van der Waals surface area contributed by atoms with Crippen molar-refractivity contribution < 1.29 is 0 Å². The third-order valence-corrected chi connectivity index (χ3v) is 3.24. The maximum absolute atomic E-state index is 9.48.